The van der Waals surface area contributed by atoms with Crippen molar-refractivity contribution in [1.82, 2.24) is 5.32 Å². The van der Waals surface area contributed by atoms with Gasteiger partial charge in [-0.2, -0.15) is 0 Å². The molecule has 1 amide bonds. The van der Waals surface area contributed by atoms with Gasteiger partial charge in [-0.05, 0) is 18.9 Å². The van der Waals surface area contributed by atoms with Gasteiger partial charge in [-0.15, -0.1) is 11.3 Å². The van der Waals surface area contributed by atoms with Gasteiger partial charge >= 0.3 is 5.97 Å². The zero-order valence-electron chi connectivity index (χ0n) is 10.5. The molecule has 1 aromatic rings. The number of hydrogen-bond donors (Lipinski definition) is 2. The van der Waals surface area contributed by atoms with Crippen LogP contribution in [-0.2, 0) is 11.2 Å². The molecule has 0 aliphatic rings. The molecule has 0 atom stereocenters. The van der Waals surface area contributed by atoms with Crippen molar-refractivity contribution >= 4 is 23.2 Å². The van der Waals surface area contributed by atoms with E-state index in [1.165, 1.54) is 11.3 Å². The number of aryl methyl sites for hydroxylation is 1. The van der Waals surface area contributed by atoms with Gasteiger partial charge in [0.15, 0.2) is 11.5 Å². The van der Waals surface area contributed by atoms with Crippen LogP contribution in [0.1, 0.15) is 34.8 Å². The van der Waals surface area contributed by atoms with Crippen molar-refractivity contribution in [2.75, 3.05) is 13.2 Å². The molecule has 5 nitrogen and oxygen atoms in total. The molecule has 0 spiro atoms. The number of ether oxygens (including phenoxy) is 1. The third-order valence-corrected chi connectivity index (χ3v) is 3.47. The van der Waals surface area contributed by atoms with Crippen molar-refractivity contribution in [3.63, 3.8) is 0 Å². The lowest BCUT2D eigenvalue weighted by Crippen LogP contribution is -2.29. The van der Waals surface area contributed by atoms with E-state index in [-0.39, 0.29) is 23.1 Å². The topological polar surface area (TPSA) is 75.6 Å². The summed E-state index contributed by atoms with van der Waals surface area (Å²) in [7, 11) is 0. The first kappa shape index (κ1) is 14.5. The SMILES string of the molecule is CCCNC(=O)COc1cc(CC)sc1C(=O)O. The first-order valence-electron chi connectivity index (χ1n) is 5.84. The fourth-order valence-corrected chi connectivity index (χ4v) is 2.19. The summed E-state index contributed by atoms with van der Waals surface area (Å²) in [6, 6.07) is 1.68. The van der Waals surface area contributed by atoms with Crippen molar-refractivity contribution in [3.05, 3.63) is 15.8 Å². The number of aromatic carboxylic acids is 1. The highest BCUT2D eigenvalue weighted by atomic mass is 32.1. The Morgan fingerprint density at radius 1 is 1.44 bits per heavy atom. The van der Waals surface area contributed by atoms with E-state index in [1.807, 2.05) is 13.8 Å². The second-order valence-electron chi connectivity index (χ2n) is 3.70. The maximum Gasteiger partial charge on any atom is 0.349 e. The number of carboxylic acids is 1. The van der Waals surface area contributed by atoms with Gasteiger partial charge in [0, 0.05) is 11.4 Å². The number of rotatable bonds is 7. The van der Waals surface area contributed by atoms with Crippen LogP contribution >= 0.6 is 11.3 Å². The Hall–Kier alpha value is -1.56. The van der Waals surface area contributed by atoms with Crippen LogP contribution in [0.25, 0.3) is 0 Å². The molecule has 0 aromatic carbocycles. The van der Waals surface area contributed by atoms with Gasteiger partial charge in [0.2, 0.25) is 0 Å². The Bertz CT molecular complexity index is 428. The second-order valence-corrected chi connectivity index (χ2v) is 4.84. The third kappa shape index (κ3) is 4.03. The van der Waals surface area contributed by atoms with Crippen LogP contribution in [-0.4, -0.2) is 30.1 Å². The predicted molar refractivity (Wildman–Crippen MR) is 69.5 cm³/mol. The highest BCUT2D eigenvalue weighted by Gasteiger charge is 2.17. The van der Waals surface area contributed by atoms with Crippen molar-refractivity contribution < 1.29 is 19.4 Å². The summed E-state index contributed by atoms with van der Waals surface area (Å²) in [5.74, 6) is -0.989. The molecule has 0 fully saturated rings. The molecule has 0 saturated carbocycles. The van der Waals surface area contributed by atoms with Gasteiger partial charge in [0.1, 0.15) is 5.75 Å². The number of nitrogens with one attached hydrogen (secondary N) is 1. The van der Waals surface area contributed by atoms with Crippen LogP contribution < -0.4 is 10.1 Å². The average molecular weight is 271 g/mol. The summed E-state index contributed by atoms with van der Waals surface area (Å²) in [6.07, 6.45) is 1.60. The summed E-state index contributed by atoms with van der Waals surface area (Å²) >= 11 is 1.18. The first-order valence-corrected chi connectivity index (χ1v) is 6.65. The minimum Gasteiger partial charge on any atom is -0.482 e. The van der Waals surface area contributed by atoms with E-state index < -0.39 is 5.97 Å². The minimum absolute atomic E-state index is 0.148. The largest absolute Gasteiger partial charge is 0.482 e. The predicted octanol–water partition coefficient (Wildman–Crippen LogP) is 1.91. The molecule has 1 aromatic heterocycles. The Morgan fingerprint density at radius 2 is 2.17 bits per heavy atom. The van der Waals surface area contributed by atoms with Gasteiger partial charge in [0.05, 0.1) is 0 Å². The molecule has 6 heteroatoms. The third-order valence-electron chi connectivity index (χ3n) is 2.22. The molecular formula is C12H17NO4S. The number of hydrogen-bond acceptors (Lipinski definition) is 4. The van der Waals surface area contributed by atoms with Crippen molar-refractivity contribution in [3.8, 4) is 5.75 Å². The number of carbonyl (C=O) groups excluding carboxylic acids is 1. The van der Waals surface area contributed by atoms with E-state index in [9.17, 15) is 9.59 Å². The fourth-order valence-electron chi connectivity index (χ4n) is 1.31. The lowest BCUT2D eigenvalue weighted by molar-refractivity contribution is -0.123. The smallest absolute Gasteiger partial charge is 0.349 e. The summed E-state index contributed by atoms with van der Waals surface area (Å²) in [5.41, 5.74) is 0. The number of carboxylic acid groups (broad SMARTS) is 1. The molecular weight excluding hydrogens is 254 g/mol. The van der Waals surface area contributed by atoms with E-state index in [2.05, 4.69) is 5.32 Å². The highest BCUT2D eigenvalue weighted by Crippen LogP contribution is 2.29. The second kappa shape index (κ2) is 7.00. The Morgan fingerprint density at radius 3 is 2.72 bits per heavy atom. The molecule has 100 valence electrons. The van der Waals surface area contributed by atoms with E-state index in [0.717, 1.165) is 17.7 Å². The van der Waals surface area contributed by atoms with E-state index in [1.54, 1.807) is 6.07 Å². The van der Waals surface area contributed by atoms with E-state index in [4.69, 9.17) is 9.84 Å². The molecule has 0 aliphatic heterocycles. The highest BCUT2D eigenvalue weighted by molar-refractivity contribution is 7.14. The summed E-state index contributed by atoms with van der Waals surface area (Å²) in [6.45, 7) is 4.34. The summed E-state index contributed by atoms with van der Waals surface area (Å²) in [4.78, 5) is 23.4. The molecule has 0 radical (unpaired) electrons. The first-order chi connectivity index (χ1) is 8.58. The molecule has 1 heterocycles. The molecule has 0 saturated heterocycles. The molecule has 2 N–H and O–H groups in total. The maximum atomic E-state index is 11.4. The van der Waals surface area contributed by atoms with Gasteiger partial charge in [-0.3, -0.25) is 4.79 Å². The summed E-state index contributed by atoms with van der Waals surface area (Å²) < 4.78 is 5.26. The number of carbonyl (C=O) groups is 2. The van der Waals surface area contributed by atoms with Gasteiger partial charge in [0.25, 0.3) is 5.91 Å². The van der Waals surface area contributed by atoms with Crippen molar-refractivity contribution in [2.45, 2.75) is 26.7 Å². The molecule has 0 bridgehead atoms. The Kier molecular flexibility index (Phi) is 5.64. The fraction of sp³-hybridized carbons (Fsp3) is 0.500. The zero-order valence-corrected chi connectivity index (χ0v) is 11.3. The van der Waals surface area contributed by atoms with E-state index in [0.29, 0.717) is 6.54 Å². The van der Waals surface area contributed by atoms with Crippen LogP contribution in [0.15, 0.2) is 6.07 Å². The Balaban J connectivity index is 2.63. The van der Waals surface area contributed by atoms with Crippen LogP contribution in [0.5, 0.6) is 5.75 Å². The van der Waals surface area contributed by atoms with Gasteiger partial charge in [-0.1, -0.05) is 13.8 Å². The molecule has 1 rings (SSSR count). The lowest BCUT2D eigenvalue weighted by Gasteiger charge is -2.05. The van der Waals surface area contributed by atoms with Crippen LogP contribution in [0, 0.1) is 0 Å². The van der Waals surface area contributed by atoms with Crippen molar-refractivity contribution in [1.29, 1.82) is 0 Å². The molecule has 0 unspecified atom stereocenters. The van der Waals surface area contributed by atoms with Crippen molar-refractivity contribution in [2.24, 2.45) is 0 Å². The van der Waals surface area contributed by atoms with Gasteiger partial charge in [-0.25, -0.2) is 4.79 Å². The van der Waals surface area contributed by atoms with E-state index >= 15 is 0 Å². The van der Waals surface area contributed by atoms with Crippen LogP contribution in [0.3, 0.4) is 0 Å². The lowest BCUT2D eigenvalue weighted by atomic mass is 10.3. The monoisotopic (exact) mass is 271 g/mol. The summed E-state index contributed by atoms with van der Waals surface area (Å²) in [5, 5.41) is 11.7. The molecule has 0 aliphatic carbocycles. The Labute approximate surface area is 110 Å². The quantitative estimate of drug-likeness (QED) is 0.794. The van der Waals surface area contributed by atoms with Gasteiger partial charge < -0.3 is 15.2 Å². The van der Waals surface area contributed by atoms with Crippen LogP contribution in [0.4, 0.5) is 0 Å². The average Bonchev–Trinajstić information content (AvgIpc) is 2.77. The minimum atomic E-state index is -1.02. The molecule has 18 heavy (non-hydrogen) atoms. The number of thiophene rings is 1. The number of amides is 1. The standard InChI is InChI=1S/C12H17NO4S/c1-3-5-13-10(14)7-17-9-6-8(4-2)18-11(9)12(15)16/h6H,3-5,7H2,1-2H3,(H,13,14)(H,15,16). The van der Waals surface area contributed by atoms with Crippen LogP contribution in [0.2, 0.25) is 0 Å². The maximum absolute atomic E-state index is 11.4. The normalized spacial score (nSPS) is 10.1. The zero-order chi connectivity index (χ0) is 13.5.